The summed E-state index contributed by atoms with van der Waals surface area (Å²) in [5, 5.41) is 8.97. The number of fused-ring (bicyclic) bond motifs is 1. The molecule has 0 fully saturated rings. The molecule has 5 nitrogen and oxygen atoms in total. The van der Waals surface area contributed by atoms with Crippen molar-refractivity contribution in [2.24, 2.45) is 0 Å². The van der Waals surface area contributed by atoms with E-state index in [9.17, 15) is 4.79 Å². The number of nitrogens with one attached hydrogen (secondary N) is 1. The highest BCUT2D eigenvalue weighted by atomic mass is 35.5. The van der Waals surface area contributed by atoms with Gasteiger partial charge < -0.3 is 5.32 Å². The molecule has 1 amide bonds. The zero-order chi connectivity index (χ0) is 20.4. The lowest BCUT2D eigenvalue weighted by atomic mass is 10.1. The Hall–Kier alpha value is -3.18. The van der Waals surface area contributed by atoms with Gasteiger partial charge in [-0.3, -0.25) is 4.79 Å². The van der Waals surface area contributed by atoms with Gasteiger partial charge in [-0.05, 0) is 44.0 Å². The number of rotatable bonds is 5. The van der Waals surface area contributed by atoms with Gasteiger partial charge >= 0.3 is 0 Å². The summed E-state index contributed by atoms with van der Waals surface area (Å²) in [6.45, 7) is 4.32. The van der Waals surface area contributed by atoms with Gasteiger partial charge in [-0.1, -0.05) is 54.1 Å². The molecule has 0 saturated heterocycles. The summed E-state index contributed by atoms with van der Waals surface area (Å²) in [5.41, 5.74) is 4.62. The van der Waals surface area contributed by atoms with Crippen molar-refractivity contribution in [1.82, 2.24) is 20.1 Å². The minimum atomic E-state index is -0.127. The van der Waals surface area contributed by atoms with Gasteiger partial charge in [-0.25, -0.2) is 9.67 Å². The van der Waals surface area contributed by atoms with Crippen LogP contribution in [0.2, 0.25) is 5.02 Å². The summed E-state index contributed by atoms with van der Waals surface area (Å²) >= 11 is 6.37. The Morgan fingerprint density at radius 2 is 1.79 bits per heavy atom. The van der Waals surface area contributed by atoms with Gasteiger partial charge in [0.25, 0.3) is 5.91 Å². The zero-order valence-corrected chi connectivity index (χ0v) is 17.1. The summed E-state index contributed by atoms with van der Waals surface area (Å²) in [6, 6.07) is 19.4. The molecule has 0 unspecified atom stereocenters. The van der Waals surface area contributed by atoms with Crippen LogP contribution < -0.4 is 5.32 Å². The van der Waals surface area contributed by atoms with E-state index in [0.717, 1.165) is 28.9 Å². The SMILES string of the molecule is Cc1cc(C(=O)NCCc2ccccc2)c2c(C)nn(-c3ccccc3Cl)c2n1. The molecule has 29 heavy (non-hydrogen) atoms. The van der Waals surface area contributed by atoms with Crippen LogP contribution in [-0.4, -0.2) is 27.2 Å². The Kier molecular flexibility index (Phi) is 5.32. The predicted molar refractivity (Wildman–Crippen MR) is 116 cm³/mol. The van der Waals surface area contributed by atoms with E-state index in [1.807, 2.05) is 62.4 Å². The van der Waals surface area contributed by atoms with Crippen LogP contribution in [0.1, 0.15) is 27.3 Å². The second-order valence-corrected chi connectivity index (χ2v) is 7.36. The number of amides is 1. The molecule has 4 rings (SSSR count). The van der Waals surface area contributed by atoms with Crippen LogP contribution in [0, 0.1) is 13.8 Å². The van der Waals surface area contributed by atoms with Crippen LogP contribution in [0.3, 0.4) is 0 Å². The number of halogens is 1. The highest BCUT2D eigenvalue weighted by Gasteiger charge is 2.20. The summed E-state index contributed by atoms with van der Waals surface area (Å²) in [7, 11) is 0. The van der Waals surface area contributed by atoms with E-state index in [0.29, 0.717) is 22.8 Å². The molecule has 0 atom stereocenters. The maximum Gasteiger partial charge on any atom is 0.252 e. The number of carbonyl (C=O) groups excluding carboxylic acids is 1. The molecule has 0 bridgehead atoms. The molecule has 2 aromatic heterocycles. The van der Waals surface area contributed by atoms with Gasteiger partial charge in [-0.2, -0.15) is 5.10 Å². The number of carbonyl (C=O) groups is 1. The van der Waals surface area contributed by atoms with Crippen LogP contribution >= 0.6 is 11.6 Å². The van der Waals surface area contributed by atoms with Gasteiger partial charge in [0.15, 0.2) is 5.65 Å². The Morgan fingerprint density at radius 3 is 2.55 bits per heavy atom. The molecule has 0 aliphatic rings. The average molecular weight is 405 g/mol. The van der Waals surface area contributed by atoms with Crippen molar-refractivity contribution in [3.05, 3.63) is 88.2 Å². The Morgan fingerprint density at radius 1 is 1.07 bits per heavy atom. The molecule has 146 valence electrons. The van der Waals surface area contributed by atoms with Gasteiger partial charge in [0.2, 0.25) is 0 Å². The third-order valence-corrected chi connectivity index (χ3v) is 5.13. The molecule has 0 spiro atoms. The average Bonchev–Trinajstić information content (AvgIpc) is 3.04. The van der Waals surface area contributed by atoms with E-state index >= 15 is 0 Å². The zero-order valence-electron chi connectivity index (χ0n) is 16.3. The van der Waals surface area contributed by atoms with Crippen LogP contribution in [-0.2, 0) is 6.42 Å². The second-order valence-electron chi connectivity index (χ2n) is 6.95. The number of nitrogens with zero attached hydrogens (tertiary/aromatic N) is 3. The smallest absolute Gasteiger partial charge is 0.252 e. The summed E-state index contributed by atoms with van der Waals surface area (Å²) in [5.74, 6) is -0.127. The maximum absolute atomic E-state index is 13.0. The number of pyridine rings is 1. The van der Waals surface area contributed by atoms with Crippen LogP contribution in [0.25, 0.3) is 16.7 Å². The molecule has 1 N–H and O–H groups in total. The van der Waals surface area contributed by atoms with Crippen molar-refractivity contribution in [3.8, 4) is 5.69 Å². The van der Waals surface area contributed by atoms with Gasteiger partial charge in [0, 0.05) is 12.2 Å². The fourth-order valence-corrected chi connectivity index (χ4v) is 3.66. The molecular weight excluding hydrogens is 384 g/mol. The topological polar surface area (TPSA) is 59.8 Å². The van der Waals surface area contributed by atoms with Crippen molar-refractivity contribution in [3.63, 3.8) is 0 Å². The first kappa shape index (κ1) is 19.2. The van der Waals surface area contributed by atoms with Gasteiger partial charge in [-0.15, -0.1) is 0 Å². The van der Waals surface area contributed by atoms with Crippen LogP contribution in [0.5, 0.6) is 0 Å². The molecule has 2 aromatic carbocycles. The molecule has 0 aliphatic heterocycles. The normalized spacial score (nSPS) is 11.0. The van der Waals surface area contributed by atoms with Crippen molar-refractivity contribution < 1.29 is 4.79 Å². The molecule has 4 aromatic rings. The highest BCUT2D eigenvalue weighted by Crippen LogP contribution is 2.27. The molecule has 2 heterocycles. The molecule has 6 heteroatoms. The number of hydrogen-bond donors (Lipinski definition) is 1. The lowest BCUT2D eigenvalue weighted by Crippen LogP contribution is -2.26. The monoisotopic (exact) mass is 404 g/mol. The summed E-state index contributed by atoms with van der Waals surface area (Å²) in [6.07, 6.45) is 0.775. The quantitative estimate of drug-likeness (QED) is 0.526. The molecule has 0 radical (unpaired) electrons. The van der Waals surface area contributed by atoms with E-state index in [1.54, 1.807) is 4.68 Å². The fourth-order valence-electron chi connectivity index (χ4n) is 3.44. The Bertz CT molecular complexity index is 1180. The van der Waals surface area contributed by atoms with Gasteiger partial charge in [0.1, 0.15) is 0 Å². The van der Waals surface area contributed by atoms with Crippen molar-refractivity contribution >= 4 is 28.5 Å². The predicted octanol–water partition coefficient (Wildman–Crippen LogP) is 4.66. The van der Waals surface area contributed by atoms with Crippen LogP contribution in [0.4, 0.5) is 0 Å². The standard InChI is InChI=1S/C23H21ClN4O/c1-15-14-18(23(29)25-13-12-17-8-4-3-5-9-17)21-16(2)27-28(22(21)26-15)20-11-7-6-10-19(20)24/h3-11,14H,12-13H2,1-2H3,(H,25,29). The van der Waals surface area contributed by atoms with Crippen molar-refractivity contribution in [2.45, 2.75) is 20.3 Å². The number of para-hydroxylation sites is 1. The highest BCUT2D eigenvalue weighted by molar-refractivity contribution is 6.32. The van der Waals surface area contributed by atoms with Crippen molar-refractivity contribution in [1.29, 1.82) is 0 Å². The molecular formula is C23H21ClN4O. The number of aromatic nitrogens is 3. The van der Waals surface area contributed by atoms with Crippen LogP contribution in [0.15, 0.2) is 60.7 Å². The number of hydrogen-bond acceptors (Lipinski definition) is 3. The van der Waals surface area contributed by atoms with Crippen molar-refractivity contribution in [2.75, 3.05) is 6.54 Å². The lowest BCUT2D eigenvalue weighted by molar-refractivity contribution is 0.0955. The molecule has 0 saturated carbocycles. The largest absolute Gasteiger partial charge is 0.352 e. The third-order valence-electron chi connectivity index (χ3n) is 4.81. The minimum Gasteiger partial charge on any atom is -0.352 e. The first-order valence-corrected chi connectivity index (χ1v) is 9.86. The first-order chi connectivity index (χ1) is 14.0. The summed E-state index contributed by atoms with van der Waals surface area (Å²) < 4.78 is 1.71. The second kappa shape index (κ2) is 8.05. The van der Waals surface area contributed by atoms with E-state index in [2.05, 4.69) is 27.5 Å². The lowest BCUT2D eigenvalue weighted by Gasteiger charge is -2.09. The van der Waals surface area contributed by atoms with E-state index < -0.39 is 0 Å². The van der Waals surface area contributed by atoms with Gasteiger partial charge in [0.05, 0.1) is 27.4 Å². The third kappa shape index (κ3) is 3.87. The molecule has 0 aliphatic carbocycles. The summed E-state index contributed by atoms with van der Waals surface area (Å²) in [4.78, 5) is 17.6. The minimum absolute atomic E-state index is 0.127. The van der Waals surface area contributed by atoms with E-state index in [4.69, 9.17) is 11.6 Å². The Balaban J connectivity index is 1.68. The number of benzene rings is 2. The van der Waals surface area contributed by atoms with E-state index in [-0.39, 0.29) is 5.91 Å². The van der Waals surface area contributed by atoms with E-state index in [1.165, 1.54) is 5.56 Å². The fraction of sp³-hybridized carbons (Fsp3) is 0.174. The number of aryl methyl sites for hydroxylation is 2. The maximum atomic E-state index is 13.0. The first-order valence-electron chi connectivity index (χ1n) is 9.48. The Labute approximate surface area is 174 Å².